The van der Waals surface area contributed by atoms with Gasteiger partial charge < -0.3 is 29.5 Å². The molecule has 170 valence electrons. The molecule has 1 aromatic carbocycles. The summed E-state index contributed by atoms with van der Waals surface area (Å²) in [6.07, 6.45) is 0.996. The van der Waals surface area contributed by atoms with Crippen LogP contribution in [0.1, 0.15) is 31.7 Å². The molecule has 0 aromatic heterocycles. The predicted octanol–water partition coefficient (Wildman–Crippen LogP) is 0.934. The molecule has 3 N–H and O–H groups in total. The lowest BCUT2D eigenvalue weighted by molar-refractivity contribution is -0.268. The summed E-state index contributed by atoms with van der Waals surface area (Å²) in [6, 6.07) is 7.45. The quantitative estimate of drug-likeness (QED) is 0.449. The molecule has 0 aliphatic carbocycles. The molecule has 1 aromatic rings. The fraction of sp³-hybridized carbons (Fsp3) is 0.609. The second-order valence-electron chi connectivity index (χ2n) is 8.63. The van der Waals surface area contributed by atoms with Crippen LogP contribution in [0.15, 0.2) is 30.3 Å². The molecule has 3 aliphatic heterocycles. The number of fused-ring (bicyclic) bond motifs is 1. The van der Waals surface area contributed by atoms with Crippen molar-refractivity contribution in [2.75, 3.05) is 19.7 Å². The van der Waals surface area contributed by atoms with Crippen molar-refractivity contribution >= 4 is 12.0 Å². The van der Waals surface area contributed by atoms with Crippen LogP contribution in [0, 0.1) is 5.92 Å². The van der Waals surface area contributed by atoms with Crippen LogP contribution in [0.3, 0.4) is 0 Å². The lowest BCUT2D eigenvalue weighted by Crippen LogP contribution is -2.58. The molecule has 0 unspecified atom stereocenters. The summed E-state index contributed by atoms with van der Waals surface area (Å²) >= 11 is 0. The van der Waals surface area contributed by atoms with E-state index in [-0.39, 0.29) is 5.97 Å². The molecule has 3 heterocycles. The molecule has 3 aliphatic rings. The number of carbonyl (C=O) groups is 1. The summed E-state index contributed by atoms with van der Waals surface area (Å²) in [5.74, 6) is 0.523. The van der Waals surface area contributed by atoms with Crippen molar-refractivity contribution < 1.29 is 34.3 Å². The lowest BCUT2D eigenvalue weighted by Gasteiger charge is -2.38. The smallest absolute Gasteiger partial charge is 0.330 e. The molecule has 0 spiro atoms. The molecular formula is C23H31NO7. The monoisotopic (exact) mass is 433 g/mol. The van der Waals surface area contributed by atoms with Crippen LogP contribution in [0.5, 0.6) is 5.75 Å². The Labute approximate surface area is 182 Å². The number of aliphatic hydroxyl groups is 3. The van der Waals surface area contributed by atoms with Gasteiger partial charge >= 0.3 is 5.97 Å². The van der Waals surface area contributed by atoms with Crippen molar-refractivity contribution in [1.29, 1.82) is 0 Å². The van der Waals surface area contributed by atoms with Crippen LogP contribution in [0.4, 0.5) is 0 Å². The Morgan fingerprint density at radius 1 is 1.13 bits per heavy atom. The highest BCUT2D eigenvalue weighted by Gasteiger charge is 2.43. The lowest BCUT2D eigenvalue weighted by atomic mass is 9.99. The first kappa shape index (κ1) is 22.2. The van der Waals surface area contributed by atoms with E-state index in [4.69, 9.17) is 14.2 Å². The topological polar surface area (TPSA) is 109 Å². The van der Waals surface area contributed by atoms with E-state index in [1.165, 1.54) is 25.5 Å². The molecule has 7 atom stereocenters. The third-order valence-corrected chi connectivity index (χ3v) is 6.54. The van der Waals surface area contributed by atoms with Crippen LogP contribution in [-0.4, -0.2) is 82.6 Å². The number of aliphatic hydroxyl groups excluding tert-OH is 3. The molecule has 0 saturated carbocycles. The standard InChI is InChI=1S/C23H31NO7/c1-14-20(26)21(27)22(28)23(30-14)31-17-7-4-15(5-8-17)6-9-19(25)29-13-16-10-12-24-11-2-3-18(16)24/h4-9,14,16,18,20-23,26-28H,2-3,10-13H2,1H3/b9-6+/t14-,16+,18-,20-,21+,22+,23-/m0/s1. The van der Waals surface area contributed by atoms with Crippen LogP contribution >= 0.6 is 0 Å². The van der Waals surface area contributed by atoms with E-state index in [1.807, 2.05) is 0 Å². The van der Waals surface area contributed by atoms with E-state index in [0.717, 1.165) is 18.5 Å². The Bertz CT molecular complexity index is 783. The van der Waals surface area contributed by atoms with Crippen molar-refractivity contribution in [2.45, 2.75) is 62.9 Å². The number of benzene rings is 1. The average Bonchev–Trinajstić information content (AvgIpc) is 3.38. The fourth-order valence-electron chi connectivity index (χ4n) is 4.69. The van der Waals surface area contributed by atoms with E-state index in [0.29, 0.717) is 24.3 Å². The fourth-order valence-corrected chi connectivity index (χ4v) is 4.69. The van der Waals surface area contributed by atoms with Gasteiger partial charge in [-0.05, 0) is 63.0 Å². The van der Waals surface area contributed by atoms with E-state index in [9.17, 15) is 20.1 Å². The van der Waals surface area contributed by atoms with Gasteiger partial charge in [-0.25, -0.2) is 4.79 Å². The molecular weight excluding hydrogens is 402 g/mol. The molecule has 3 fully saturated rings. The molecule has 0 bridgehead atoms. The van der Waals surface area contributed by atoms with E-state index in [2.05, 4.69) is 4.90 Å². The summed E-state index contributed by atoms with van der Waals surface area (Å²) in [4.78, 5) is 14.6. The second-order valence-corrected chi connectivity index (χ2v) is 8.63. The van der Waals surface area contributed by atoms with Gasteiger partial charge in [0.2, 0.25) is 6.29 Å². The minimum Gasteiger partial charge on any atom is -0.462 e. The third kappa shape index (κ3) is 5.10. The number of hydrogen-bond donors (Lipinski definition) is 3. The summed E-state index contributed by atoms with van der Waals surface area (Å²) < 4.78 is 16.5. The van der Waals surface area contributed by atoms with Gasteiger partial charge in [-0.15, -0.1) is 0 Å². The molecule has 8 heteroatoms. The molecule has 8 nitrogen and oxygen atoms in total. The van der Waals surface area contributed by atoms with Crippen LogP contribution in [0.2, 0.25) is 0 Å². The van der Waals surface area contributed by atoms with Gasteiger partial charge in [0.25, 0.3) is 0 Å². The van der Waals surface area contributed by atoms with Gasteiger partial charge in [-0.1, -0.05) is 12.1 Å². The van der Waals surface area contributed by atoms with Crippen molar-refractivity contribution in [3.63, 3.8) is 0 Å². The third-order valence-electron chi connectivity index (χ3n) is 6.54. The van der Waals surface area contributed by atoms with E-state index >= 15 is 0 Å². The number of nitrogens with zero attached hydrogens (tertiary/aromatic N) is 1. The zero-order valence-electron chi connectivity index (χ0n) is 17.7. The second kappa shape index (κ2) is 9.67. The zero-order chi connectivity index (χ0) is 22.0. The molecule has 31 heavy (non-hydrogen) atoms. The molecule has 0 amide bonds. The zero-order valence-corrected chi connectivity index (χ0v) is 17.7. The highest BCUT2D eigenvalue weighted by atomic mass is 16.7. The SMILES string of the molecule is C[C@@H]1O[C@@H](Oc2ccc(/C=C/C(=O)OC[C@H]3CCN4CCC[C@@H]34)cc2)[C@H](O)[C@H](O)[C@H]1O. The minimum atomic E-state index is -1.36. The summed E-state index contributed by atoms with van der Waals surface area (Å²) in [6.45, 7) is 4.35. The van der Waals surface area contributed by atoms with Crippen LogP contribution in [-0.2, 0) is 14.3 Å². The Kier molecular flexibility index (Phi) is 6.93. The Balaban J connectivity index is 1.25. The summed E-state index contributed by atoms with van der Waals surface area (Å²) in [5.41, 5.74) is 0.793. The normalized spacial score (nSPS) is 35.9. The Hall–Kier alpha value is -1.97. The number of carbonyl (C=O) groups excluding carboxylic acids is 1. The van der Waals surface area contributed by atoms with Gasteiger partial charge in [0.05, 0.1) is 12.7 Å². The van der Waals surface area contributed by atoms with Gasteiger partial charge in [-0.2, -0.15) is 0 Å². The molecule has 3 saturated heterocycles. The Morgan fingerprint density at radius 2 is 1.90 bits per heavy atom. The first-order valence-electron chi connectivity index (χ1n) is 11.0. The first-order chi connectivity index (χ1) is 14.9. The number of esters is 1. The number of hydrogen-bond acceptors (Lipinski definition) is 8. The minimum absolute atomic E-state index is 0.350. The maximum absolute atomic E-state index is 12.1. The summed E-state index contributed by atoms with van der Waals surface area (Å²) in [7, 11) is 0. The largest absolute Gasteiger partial charge is 0.462 e. The van der Waals surface area contributed by atoms with Crippen molar-refractivity contribution in [1.82, 2.24) is 4.90 Å². The predicted molar refractivity (Wildman–Crippen MR) is 112 cm³/mol. The first-order valence-corrected chi connectivity index (χ1v) is 11.0. The maximum Gasteiger partial charge on any atom is 0.330 e. The number of ether oxygens (including phenoxy) is 3. The summed E-state index contributed by atoms with van der Waals surface area (Å²) in [5, 5.41) is 29.7. The van der Waals surface area contributed by atoms with Crippen molar-refractivity contribution in [3.05, 3.63) is 35.9 Å². The Morgan fingerprint density at radius 3 is 2.68 bits per heavy atom. The van der Waals surface area contributed by atoms with Crippen LogP contribution < -0.4 is 4.74 Å². The van der Waals surface area contributed by atoms with E-state index < -0.39 is 30.7 Å². The van der Waals surface area contributed by atoms with Gasteiger partial charge in [0.15, 0.2) is 0 Å². The average molecular weight is 434 g/mol. The van der Waals surface area contributed by atoms with Crippen molar-refractivity contribution in [2.24, 2.45) is 5.92 Å². The maximum atomic E-state index is 12.1. The van der Waals surface area contributed by atoms with Gasteiger partial charge in [0.1, 0.15) is 24.1 Å². The molecule has 4 rings (SSSR count). The van der Waals surface area contributed by atoms with Gasteiger partial charge in [-0.3, -0.25) is 4.90 Å². The van der Waals surface area contributed by atoms with Crippen molar-refractivity contribution in [3.8, 4) is 5.75 Å². The molecule has 0 radical (unpaired) electrons. The van der Waals surface area contributed by atoms with Gasteiger partial charge in [0, 0.05) is 18.0 Å². The highest BCUT2D eigenvalue weighted by molar-refractivity contribution is 5.87. The van der Waals surface area contributed by atoms with Crippen LogP contribution in [0.25, 0.3) is 6.08 Å². The van der Waals surface area contributed by atoms with E-state index in [1.54, 1.807) is 37.3 Å². The highest BCUT2D eigenvalue weighted by Crippen LogP contribution is 2.32. The number of rotatable bonds is 6.